The van der Waals surface area contributed by atoms with E-state index >= 15 is 0 Å². The predicted molar refractivity (Wildman–Crippen MR) is 113 cm³/mol. The summed E-state index contributed by atoms with van der Waals surface area (Å²) >= 11 is 2.87. The Bertz CT molecular complexity index is 1160. The molecule has 4 rings (SSSR count). The second-order valence-electron chi connectivity index (χ2n) is 5.68. The number of hydrogen-bond donors (Lipinski definition) is 1. The van der Waals surface area contributed by atoms with Crippen LogP contribution in [0.3, 0.4) is 0 Å². The van der Waals surface area contributed by atoms with Gasteiger partial charge in [0.2, 0.25) is 5.95 Å². The smallest absolute Gasteiger partial charge is 0.265 e. The Balaban J connectivity index is 1.53. The van der Waals surface area contributed by atoms with Crippen molar-refractivity contribution in [2.45, 2.75) is 4.90 Å². The number of rotatable bonds is 6. The zero-order valence-electron chi connectivity index (χ0n) is 14.7. The molecule has 3 aromatic heterocycles. The van der Waals surface area contributed by atoms with Gasteiger partial charge in [-0.25, -0.2) is 27.7 Å². The highest BCUT2D eigenvalue weighted by Gasteiger charge is 2.22. The standard InChI is InChI=1S/C18H15N5O2S3/c1-23(18-20-10-12-27-18)28(24,25)14-6-4-13(5-7-14)21-17-19-9-8-15(22-17)16-3-2-11-26-16/h2-12H,1H3,(H,19,21,22). The Morgan fingerprint density at radius 2 is 1.79 bits per heavy atom. The fourth-order valence-corrected chi connectivity index (χ4v) is 5.13. The van der Waals surface area contributed by atoms with E-state index in [2.05, 4.69) is 20.3 Å². The van der Waals surface area contributed by atoms with Gasteiger partial charge < -0.3 is 5.32 Å². The monoisotopic (exact) mass is 429 g/mol. The van der Waals surface area contributed by atoms with Crippen LogP contribution in [0.25, 0.3) is 10.6 Å². The van der Waals surface area contributed by atoms with Crippen molar-refractivity contribution in [3.05, 3.63) is 65.6 Å². The zero-order valence-corrected chi connectivity index (χ0v) is 17.1. The van der Waals surface area contributed by atoms with E-state index in [1.165, 1.54) is 22.7 Å². The van der Waals surface area contributed by atoms with Crippen molar-refractivity contribution in [1.29, 1.82) is 0 Å². The largest absolute Gasteiger partial charge is 0.324 e. The minimum atomic E-state index is -3.66. The number of nitrogens with zero attached hydrogens (tertiary/aromatic N) is 4. The first-order valence-electron chi connectivity index (χ1n) is 8.16. The molecular formula is C18H15N5O2S3. The first-order valence-corrected chi connectivity index (χ1v) is 11.4. The molecule has 28 heavy (non-hydrogen) atoms. The Labute approximate surface area is 170 Å². The molecule has 10 heteroatoms. The predicted octanol–water partition coefficient (Wildman–Crippen LogP) is 4.23. The van der Waals surface area contributed by atoms with Crippen molar-refractivity contribution in [2.24, 2.45) is 0 Å². The molecule has 1 aromatic carbocycles. The van der Waals surface area contributed by atoms with E-state index in [9.17, 15) is 8.42 Å². The fraction of sp³-hybridized carbons (Fsp3) is 0.0556. The number of thiazole rings is 1. The van der Waals surface area contributed by atoms with E-state index in [1.54, 1.807) is 53.4 Å². The molecular weight excluding hydrogens is 414 g/mol. The van der Waals surface area contributed by atoms with Gasteiger partial charge in [0, 0.05) is 30.5 Å². The maximum Gasteiger partial charge on any atom is 0.265 e. The lowest BCUT2D eigenvalue weighted by atomic mass is 10.3. The van der Waals surface area contributed by atoms with E-state index in [-0.39, 0.29) is 4.90 Å². The molecule has 142 valence electrons. The summed E-state index contributed by atoms with van der Waals surface area (Å²) in [5.41, 5.74) is 1.52. The van der Waals surface area contributed by atoms with E-state index in [1.807, 2.05) is 23.6 Å². The van der Waals surface area contributed by atoms with E-state index < -0.39 is 10.0 Å². The molecule has 0 saturated heterocycles. The van der Waals surface area contributed by atoms with Gasteiger partial charge in [-0.05, 0) is 41.8 Å². The summed E-state index contributed by atoms with van der Waals surface area (Å²) in [4.78, 5) is 14.0. The molecule has 0 unspecified atom stereocenters. The summed E-state index contributed by atoms with van der Waals surface area (Å²) in [6.07, 6.45) is 3.26. The van der Waals surface area contributed by atoms with E-state index in [0.29, 0.717) is 16.8 Å². The Morgan fingerprint density at radius 3 is 2.46 bits per heavy atom. The molecule has 0 spiro atoms. The van der Waals surface area contributed by atoms with Gasteiger partial charge in [0.1, 0.15) is 0 Å². The molecule has 1 N–H and O–H groups in total. The molecule has 0 aliphatic carbocycles. The maximum atomic E-state index is 12.7. The van der Waals surface area contributed by atoms with Crippen LogP contribution in [0.2, 0.25) is 0 Å². The van der Waals surface area contributed by atoms with Gasteiger partial charge >= 0.3 is 0 Å². The second kappa shape index (κ2) is 7.66. The summed E-state index contributed by atoms with van der Waals surface area (Å²) in [6, 6.07) is 12.3. The first-order chi connectivity index (χ1) is 13.5. The lowest BCUT2D eigenvalue weighted by molar-refractivity contribution is 0.594. The number of nitrogens with one attached hydrogen (secondary N) is 1. The van der Waals surface area contributed by atoms with Crippen LogP contribution in [0.5, 0.6) is 0 Å². The third-order valence-electron chi connectivity index (χ3n) is 3.89. The zero-order chi connectivity index (χ0) is 19.6. The normalized spacial score (nSPS) is 11.3. The van der Waals surface area contributed by atoms with Crippen LogP contribution in [-0.2, 0) is 10.0 Å². The van der Waals surface area contributed by atoms with Crippen LogP contribution < -0.4 is 9.62 Å². The van der Waals surface area contributed by atoms with Crippen LogP contribution >= 0.6 is 22.7 Å². The minimum absolute atomic E-state index is 0.184. The minimum Gasteiger partial charge on any atom is -0.324 e. The average Bonchev–Trinajstić information content (AvgIpc) is 3.42. The van der Waals surface area contributed by atoms with Crippen molar-refractivity contribution in [2.75, 3.05) is 16.7 Å². The lowest BCUT2D eigenvalue weighted by Gasteiger charge is -2.16. The molecule has 7 nitrogen and oxygen atoms in total. The van der Waals surface area contributed by atoms with Crippen molar-refractivity contribution in [3.8, 4) is 10.6 Å². The molecule has 0 amide bonds. The number of sulfonamides is 1. The number of benzene rings is 1. The number of thiophene rings is 1. The highest BCUT2D eigenvalue weighted by molar-refractivity contribution is 7.93. The summed E-state index contributed by atoms with van der Waals surface area (Å²) < 4.78 is 26.6. The third kappa shape index (κ3) is 3.75. The van der Waals surface area contributed by atoms with Crippen molar-refractivity contribution < 1.29 is 8.42 Å². The van der Waals surface area contributed by atoms with Crippen LogP contribution in [0.15, 0.2) is 70.5 Å². The molecule has 0 atom stereocenters. The van der Waals surface area contributed by atoms with E-state index in [0.717, 1.165) is 10.6 Å². The van der Waals surface area contributed by atoms with Gasteiger partial charge in [0.05, 0.1) is 15.5 Å². The fourth-order valence-electron chi connectivity index (χ4n) is 2.45. The Kier molecular flexibility index (Phi) is 5.07. The van der Waals surface area contributed by atoms with Gasteiger partial charge in [0.25, 0.3) is 10.0 Å². The van der Waals surface area contributed by atoms with Gasteiger partial charge in [-0.3, -0.25) is 0 Å². The highest BCUT2D eigenvalue weighted by Crippen LogP contribution is 2.26. The van der Waals surface area contributed by atoms with Gasteiger partial charge in [-0.15, -0.1) is 22.7 Å². The number of aromatic nitrogens is 3. The van der Waals surface area contributed by atoms with Crippen molar-refractivity contribution in [3.63, 3.8) is 0 Å². The Hall–Kier alpha value is -2.82. The Morgan fingerprint density at radius 1 is 0.964 bits per heavy atom. The average molecular weight is 430 g/mol. The molecule has 4 aromatic rings. The van der Waals surface area contributed by atoms with Crippen LogP contribution in [0, 0.1) is 0 Å². The van der Waals surface area contributed by atoms with Gasteiger partial charge in [-0.2, -0.15) is 0 Å². The summed E-state index contributed by atoms with van der Waals surface area (Å²) in [6.45, 7) is 0. The van der Waals surface area contributed by atoms with Gasteiger partial charge in [-0.1, -0.05) is 6.07 Å². The highest BCUT2D eigenvalue weighted by atomic mass is 32.2. The second-order valence-corrected chi connectivity index (χ2v) is 9.47. The SMILES string of the molecule is CN(c1nccs1)S(=O)(=O)c1ccc(Nc2nccc(-c3cccs3)n2)cc1. The maximum absolute atomic E-state index is 12.7. The topological polar surface area (TPSA) is 88.1 Å². The molecule has 0 saturated carbocycles. The van der Waals surface area contributed by atoms with Crippen LogP contribution in [0.1, 0.15) is 0 Å². The molecule has 0 aliphatic heterocycles. The summed E-state index contributed by atoms with van der Waals surface area (Å²) in [5, 5.41) is 7.25. The third-order valence-corrected chi connectivity index (χ3v) is 7.50. The molecule has 0 fully saturated rings. The summed E-state index contributed by atoms with van der Waals surface area (Å²) in [7, 11) is -2.17. The van der Waals surface area contributed by atoms with Gasteiger partial charge in [0.15, 0.2) is 5.13 Å². The molecule has 0 bridgehead atoms. The number of hydrogen-bond acceptors (Lipinski definition) is 8. The quantitative estimate of drug-likeness (QED) is 0.493. The number of anilines is 3. The summed E-state index contributed by atoms with van der Waals surface area (Å²) in [5.74, 6) is 0.446. The molecule has 0 radical (unpaired) electrons. The van der Waals surface area contributed by atoms with E-state index in [4.69, 9.17) is 0 Å². The van der Waals surface area contributed by atoms with Crippen molar-refractivity contribution in [1.82, 2.24) is 15.0 Å². The van der Waals surface area contributed by atoms with Crippen LogP contribution in [0.4, 0.5) is 16.8 Å². The van der Waals surface area contributed by atoms with Crippen molar-refractivity contribution >= 4 is 49.5 Å². The molecule has 0 aliphatic rings. The molecule has 3 heterocycles. The lowest BCUT2D eigenvalue weighted by Crippen LogP contribution is -2.26. The van der Waals surface area contributed by atoms with Crippen LogP contribution in [-0.4, -0.2) is 30.4 Å². The first kappa shape index (κ1) is 18.5.